The van der Waals surface area contributed by atoms with Gasteiger partial charge in [0.1, 0.15) is 5.69 Å². The van der Waals surface area contributed by atoms with E-state index in [9.17, 15) is 4.79 Å². The highest BCUT2D eigenvalue weighted by molar-refractivity contribution is 5.92. The molecule has 0 radical (unpaired) electrons. The average Bonchev–Trinajstić information content (AvgIpc) is 2.54. The molecule has 0 fully saturated rings. The van der Waals surface area contributed by atoms with Crippen LogP contribution < -0.4 is 10.6 Å². The minimum absolute atomic E-state index is 0.126. The van der Waals surface area contributed by atoms with E-state index >= 15 is 0 Å². The van der Waals surface area contributed by atoms with E-state index in [4.69, 9.17) is 0 Å². The third kappa shape index (κ3) is 4.58. The Balaban J connectivity index is 1.91. The van der Waals surface area contributed by atoms with Crippen molar-refractivity contribution < 1.29 is 4.79 Å². The first-order valence-corrected chi connectivity index (χ1v) is 7.65. The third-order valence-electron chi connectivity index (χ3n) is 3.60. The molecular weight excluding hydrogens is 274 g/mol. The van der Waals surface area contributed by atoms with Gasteiger partial charge in [-0.3, -0.25) is 4.79 Å². The first kappa shape index (κ1) is 16.0. The molecule has 2 rings (SSSR count). The molecule has 0 aliphatic heterocycles. The lowest BCUT2D eigenvalue weighted by atomic mass is 10.1. The lowest BCUT2D eigenvalue weighted by Crippen LogP contribution is -2.32. The van der Waals surface area contributed by atoms with Crippen molar-refractivity contribution in [2.45, 2.75) is 39.8 Å². The van der Waals surface area contributed by atoms with Crippen LogP contribution in [0.25, 0.3) is 0 Å². The van der Waals surface area contributed by atoms with Gasteiger partial charge in [-0.15, -0.1) is 0 Å². The molecule has 1 aromatic carbocycles. The van der Waals surface area contributed by atoms with Gasteiger partial charge in [-0.2, -0.15) is 0 Å². The predicted octanol–water partition coefficient (Wildman–Crippen LogP) is 3.53. The van der Waals surface area contributed by atoms with Crippen molar-refractivity contribution in [3.8, 4) is 0 Å². The molecule has 116 valence electrons. The molecule has 0 saturated heterocycles. The quantitative estimate of drug-likeness (QED) is 0.857. The molecule has 22 heavy (non-hydrogen) atoms. The summed E-state index contributed by atoms with van der Waals surface area (Å²) in [5.41, 5.74) is 3.81. The summed E-state index contributed by atoms with van der Waals surface area (Å²) in [5.74, 6) is -0.126. The number of hydrogen-bond donors (Lipinski definition) is 2. The van der Waals surface area contributed by atoms with E-state index in [1.807, 2.05) is 19.9 Å². The zero-order valence-electron chi connectivity index (χ0n) is 13.4. The molecule has 4 heteroatoms. The van der Waals surface area contributed by atoms with Gasteiger partial charge in [-0.05, 0) is 38.0 Å². The van der Waals surface area contributed by atoms with Crippen LogP contribution in [0.3, 0.4) is 0 Å². The highest BCUT2D eigenvalue weighted by Crippen LogP contribution is 2.10. The smallest absolute Gasteiger partial charge is 0.270 e. The molecule has 4 nitrogen and oxygen atoms in total. The van der Waals surface area contributed by atoms with Gasteiger partial charge < -0.3 is 10.6 Å². The Hall–Kier alpha value is -2.36. The average molecular weight is 297 g/mol. The van der Waals surface area contributed by atoms with E-state index in [-0.39, 0.29) is 11.9 Å². The molecule has 0 saturated carbocycles. The number of carbonyl (C=O) groups excluding carboxylic acids is 1. The summed E-state index contributed by atoms with van der Waals surface area (Å²) in [6.07, 6.45) is 2.60. The number of hydrogen-bond acceptors (Lipinski definition) is 3. The Morgan fingerprint density at radius 1 is 1.18 bits per heavy atom. The van der Waals surface area contributed by atoms with Gasteiger partial charge >= 0.3 is 0 Å². The van der Waals surface area contributed by atoms with Crippen LogP contribution in [0.5, 0.6) is 0 Å². The van der Waals surface area contributed by atoms with Crippen molar-refractivity contribution in [1.82, 2.24) is 10.3 Å². The molecule has 0 aliphatic carbocycles. The summed E-state index contributed by atoms with van der Waals surface area (Å²) in [7, 11) is 0. The fourth-order valence-corrected chi connectivity index (χ4v) is 1.94. The van der Waals surface area contributed by atoms with Gasteiger partial charge in [0.25, 0.3) is 5.91 Å². The summed E-state index contributed by atoms with van der Waals surface area (Å²) in [6.45, 7) is 6.83. The Bertz CT molecular complexity index is 605. The van der Waals surface area contributed by atoms with E-state index in [2.05, 4.69) is 46.8 Å². The number of carbonyl (C=O) groups is 1. The Kier molecular flexibility index (Phi) is 5.53. The molecule has 1 amide bonds. The summed E-state index contributed by atoms with van der Waals surface area (Å²) in [6, 6.07) is 12.2. The number of anilines is 1. The standard InChI is InChI=1S/C18H23N3O/c1-4-14(3)21-18(22)17-10-9-16(12-20-17)19-11-15-7-5-13(2)6-8-15/h5-10,12,14,19H,4,11H2,1-3H3,(H,21,22). The normalized spacial score (nSPS) is 11.8. The van der Waals surface area contributed by atoms with Crippen molar-refractivity contribution in [2.24, 2.45) is 0 Å². The molecule has 0 aliphatic rings. The topological polar surface area (TPSA) is 54.0 Å². The van der Waals surface area contributed by atoms with Crippen LogP contribution >= 0.6 is 0 Å². The van der Waals surface area contributed by atoms with Crippen LogP contribution in [0.4, 0.5) is 5.69 Å². The van der Waals surface area contributed by atoms with Gasteiger partial charge in [0, 0.05) is 12.6 Å². The number of aromatic nitrogens is 1. The van der Waals surface area contributed by atoms with Crippen molar-refractivity contribution in [1.29, 1.82) is 0 Å². The largest absolute Gasteiger partial charge is 0.380 e. The number of amides is 1. The highest BCUT2D eigenvalue weighted by Gasteiger charge is 2.09. The number of pyridine rings is 1. The van der Waals surface area contributed by atoms with Crippen LogP contribution in [0.1, 0.15) is 41.9 Å². The molecular formula is C18H23N3O. The molecule has 0 spiro atoms. The molecule has 2 aromatic rings. The van der Waals surface area contributed by atoms with E-state index in [1.165, 1.54) is 11.1 Å². The van der Waals surface area contributed by atoms with Gasteiger partial charge in [0.2, 0.25) is 0 Å². The molecule has 2 N–H and O–H groups in total. The van der Waals surface area contributed by atoms with Crippen molar-refractivity contribution in [3.05, 3.63) is 59.4 Å². The Morgan fingerprint density at radius 2 is 1.91 bits per heavy atom. The Labute approximate surface area is 132 Å². The van der Waals surface area contributed by atoms with E-state index in [0.29, 0.717) is 5.69 Å². The number of aryl methyl sites for hydroxylation is 1. The minimum Gasteiger partial charge on any atom is -0.380 e. The van der Waals surface area contributed by atoms with Crippen molar-refractivity contribution >= 4 is 11.6 Å². The van der Waals surface area contributed by atoms with Crippen LogP contribution in [-0.4, -0.2) is 16.9 Å². The summed E-state index contributed by atoms with van der Waals surface area (Å²) >= 11 is 0. The summed E-state index contributed by atoms with van der Waals surface area (Å²) < 4.78 is 0. The molecule has 0 bridgehead atoms. The minimum atomic E-state index is -0.126. The third-order valence-corrected chi connectivity index (χ3v) is 3.60. The molecule has 1 atom stereocenters. The van der Waals surface area contributed by atoms with Gasteiger partial charge in [0.05, 0.1) is 11.9 Å². The fraction of sp³-hybridized carbons (Fsp3) is 0.333. The zero-order valence-corrected chi connectivity index (χ0v) is 13.4. The maximum Gasteiger partial charge on any atom is 0.270 e. The van der Waals surface area contributed by atoms with Gasteiger partial charge in [-0.25, -0.2) is 4.98 Å². The maximum absolute atomic E-state index is 11.9. The summed E-state index contributed by atoms with van der Waals surface area (Å²) in [5, 5.41) is 6.21. The predicted molar refractivity (Wildman–Crippen MR) is 90.0 cm³/mol. The number of rotatable bonds is 6. The lowest BCUT2D eigenvalue weighted by Gasteiger charge is -2.11. The lowest BCUT2D eigenvalue weighted by molar-refractivity contribution is 0.0934. The first-order chi connectivity index (χ1) is 10.6. The van der Waals surface area contributed by atoms with Crippen LogP contribution in [0, 0.1) is 6.92 Å². The second kappa shape index (κ2) is 7.59. The van der Waals surface area contributed by atoms with Crippen molar-refractivity contribution in [3.63, 3.8) is 0 Å². The van der Waals surface area contributed by atoms with Gasteiger partial charge in [0.15, 0.2) is 0 Å². The van der Waals surface area contributed by atoms with E-state index < -0.39 is 0 Å². The monoisotopic (exact) mass is 297 g/mol. The Morgan fingerprint density at radius 3 is 2.50 bits per heavy atom. The number of nitrogens with zero attached hydrogens (tertiary/aromatic N) is 1. The van der Waals surface area contributed by atoms with Crippen LogP contribution in [0.15, 0.2) is 42.6 Å². The SMILES string of the molecule is CCC(C)NC(=O)c1ccc(NCc2ccc(C)cc2)cn1. The van der Waals surface area contributed by atoms with Crippen molar-refractivity contribution in [2.75, 3.05) is 5.32 Å². The second-order valence-electron chi connectivity index (χ2n) is 5.55. The molecule has 1 aromatic heterocycles. The van der Waals surface area contributed by atoms with Crippen LogP contribution in [-0.2, 0) is 6.54 Å². The second-order valence-corrected chi connectivity index (χ2v) is 5.55. The maximum atomic E-state index is 11.9. The molecule has 1 unspecified atom stereocenters. The summed E-state index contributed by atoms with van der Waals surface area (Å²) in [4.78, 5) is 16.2. The molecule has 1 heterocycles. The van der Waals surface area contributed by atoms with E-state index in [0.717, 1.165) is 18.7 Å². The first-order valence-electron chi connectivity index (χ1n) is 7.65. The zero-order chi connectivity index (χ0) is 15.9. The fourth-order valence-electron chi connectivity index (χ4n) is 1.94. The van der Waals surface area contributed by atoms with Gasteiger partial charge in [-0.1, -0.05) is 36.8 Å². The number of benzene rings is 1. The van der Waals surface area contributed by atoms with Crippen LogP contribution in [0.2, 0.25) is 0 Å². The highest BCUT2D eigenvalue weighted by atomic mass is 16.1. The number of nitrogens with one attached hydrogen (secondary N) is 2. The van der Waals surface area contributed by atoms with E-state index in [1.54, 1.807) is 12.3 Å².